The van der Waals surface area contributed by atoms with E-state index in [0.717, 1.165) is 5.56 Å². The lowest BCUT2D eigenvalue weighted by Crippen LogP contribution is -2.20. The van der Waals surface area contributed by atoms with Gasteiger partial charge in [0.25, 0.3) is 11.8 Å². The molecule has 0 saturated heterocycles. The van der Waals surface area contributed by atoms with Crippen LogP contribution in [0.15, 0.2) is 42.5 Å². The van der Waals surface area contributed by atoms with Gasteiger partial charge in [0.15, 0.2) is 0 Å². The third-order valence-corrected chi connectivity index (χ3v) is 3.22. The van der Waals surface area contributed by atoms with Gasteiger partial charge >= 0.3 is 0 Å². The number of hydrogen-bond acceptors (Lipinski definition) is 4. The third kappa shape index (κ3) is 1.99. The van der Waals surface area contributed by atoms with Gasteiger partial charge in [-0.25, -0.2) is 0 Å². The summed E-state index contributed by atoms with van der Waals surface area (Å²) in [6.07, 6.45) is 0. The monoisotopic (exact) mass is 268 g/mol. The molecule has 0 bridgehead atoms. The van der Waals surface area contributed by atoms with Gasteiger partial charge in [-0.2, -0.15) is 0 Å². The van der Waals surface area contributed by atoms with Crippen molar-refractivity contribution in [3.63, 3.8) is 0 Å². The van der Waals surface area contributed by atoms with E-state index in [2.05, 4.69) is 10.6 Å². The largest absolute Gasteiger partial charge is 0.508 e. The first-order valence-electron chi connectivity index (χ1n) is 6.16. The normalized spacial score (nSPS) is 13.0. The molecule has 0 saturated carbocycles. The maximum atomic E-state index is 11.8. The van der Waals surface area contributed by atoms with Crippen LogP contribution in [0.2, 0.25) is 0 Å². The summed E-state index contributed by atoms with van der Waals surface area (Å²) in [5, 5.41) is 15.0. The molecule has 0 fully saturated rings. The number of phenols is 1. The lowest BCUT2D eigenvalue weighted by molar-refractivity contribution is 0.0880. The summed E-state index contributed by atoms with van der Waals surface area (Å²) in [4.78, 5) is 23.3. The molecule has 1 heterocycles. The first-order chi connectivity index (χ1) is 9.66. The molecule has 5 nitrogen and oxygen atoms in total. The number of hydrogen-bond donors (Lipinski definition) is 3. The fourth-order valence-corrected chi connectivity index (χ4v) is 2.22. The summed E-state index contributed by atoms with van der Waals surface area (Å²) >= 11 is 0. The number of nitrogens with one attached hydrogen (secondary N) is 2. The van der Waals surface area contributed by atoms with Crippen molar-refractivity contribution < 1.29 is 14.7 Å². The summed E-state index contributed by atoms with van der Waals surface area (Å²) in [5.74, 6) is -0.588. The van der Waals surface area contributed by atoms with Crippen molar-refractivity contribution in [1.29, 1.82) is 0 Å². The second kappa shape index (κ2) is 4.70. The van der Waals surface area contributed by atoms with Gasteiger partial charge in [-0.15, -0.1) is 0 Å². The van der Waals surface area contributed by atoms with Gasteiger partial charge in [0.1, 0.15) is 5.75 Å². The van der Waals surface area contributed by atoms with Gasteiger partial charge < -0.3 is 10.4 Å². The Hall–Kier alpha value is -2.82. The standard InChI is InChI=1S/C15H12N2O3/c18-12-7-2-1-4-9(12)8-16-11-6-3-5-10-13(11)15(20)17-14(10)19/h1-7,16,18H,8H2,(H,17,19,20). The van der Waals surface area contributed by atoms with Crippen LogP contribution < -0.4 is 10.6 Å². The van der Waals surface area contributed by atoms with Crippen molar-refractivity contribution in [2.75, 3.05) is 5.32 Å². The van der Waals surface area contributed by atoms with Crippen LogP contribution in [0.5, 0.6) is 5.75 Å². The van der Waals surface area contributed by atoms with E-state index in [0.29, 0.717) is 23.4 Å². The van der Waals surface area contributed by atoms with Gasteiger partial charge in [-0.1, -0.05) is 24.3 Å². The van der Waals surface area contributed by atoms with Gasteiger partial charge in [0.05, 0.1) is 11.1 Å². The molecule has 20 heavy (non-hydrogen) atoms. The van der Waals surface area contributed by atoms with Crippen molar-refractivity contribution in [3.05, 3.63) is 59.2 Å². The number of carbonyl (C=O) groups is 2. The molecule has 0 aliphatic carbocycles. The lowest BCUT2D eigenvalue weighted by Gasteiger charge is -2.10. The number of phenolic OH excluding ortho intramolecular Hbond substituents is 1. The van der Waals surface area contributed by atoms with Crippen LogP contribution in [0.1, 0.15) is 26.3 Å². The molecular weight excluding hydrogens is 256 g/mol. The van der Waals surface area contributed by atoms with E-state index in [1.807, 2.05) is 6.07 Å². The molecule has 0 atom stereocenters. The van der Waals surface area contributed by atoms with Crippen molar-refractivity contribution >= 4 is 17.5 Å². The summed E-state index contributed by atoms with van der Waals surface area (Å²) in [7, 11) is 0. The molecule has 2 aromatic carbocycles. The Balaban J connectivity index is 1.88. The maximum Gasteiger partial charge on any atom is 0.261 e. The number of benzene rings is 2. The Bertz CT molecular complexity index is 710. The zero-order valence-electron chi connectivity index (χ0n) is 10.5. The fourth-order valence-electron chi connectivity index (χ4n) is 2.22. The van der Waals surface area contributed by atoms with Crippen LogP contribution in [0.3, 0.4) is 0 Å². The molecule has 5 heteroatoms. The van der Waals surface area contributed by atoms with E-state index in [1.54, 1.807) is 36.4 Å². The average Bonchev–Trinajstić information content (AvgIpc) is 2.74. The van der Waals surface area contributed by atoms with E-state index in [9.17, 15) is 14.7 Å². The first kappa shape index (κ1) is 12.2. The first-order valence-corrected chi connectivity index (χ1v) is 6.16. The molecule has 3 rings (SSSR count). The van der Waals surface area contributed by atoms with Gasteiger partial charge in [0.2, 0.25) is 0 Å². The minimum Gasteiger partial charge on any atom is -0.508 e. The second-order valence-electron chi connectivity index (χ2n) is 4.49. The predicted molar refractivity (Wildman–Crippen MR) is 73.7 cm³/mol. The SMILES string of the molecule is O=C1NC(=O)c2c(NCc3ccccc3O)cccc21. The highest BCUT2D eigenvalue weighted by molar-refractivity contribution is 6.23. The predicted octanol–water partition coefficient (Wildman–Crippen LogP) is 1.89. The molecule has 0 unspecified atom stereocenters. The van der Waals surface area contributed by atoms with E-state index in [1.165, 1.54) is 0 Å². The number of amides is 2. The number of anilines is 1. The molecule has 3 N–H and O–H groups in total. The van der Waals surface area contributed by atoms with Crippen molar-refractivity contribution in [1.82, 2.24) is 5.32 Å². The zero-order valence-corrected chi connectivity index (χ0v) is 10.5. The van der Waals surface area contributed by atoms with E-state index < -0.39 is 5.91 Å². The maximum absolute atomic E-state index is 11.8. The Morgan fingerprint density at radius 2 is 1.80 bits per heavy atom. The molecule has 100 valence electrons. The highest BCUT2D eigenvalue weighted by Gasteiger charge is 2.29. The molecule has 1 aliphatic heterocycles. The van der Waals surface area contributed by atoms with E-state index >= 15 is 0 Å². The Morgan fingerprint density at radius 1 is 1.00 bits per heavy atom. The quantitative estimate of drug-likeness (QED) is 0.743. The van der Waals surface area contributed by atoms with Gasteiger partial charge in [-0.3, -0.25) is 14.9 Å². The number of rotatable bonds is 3. The number of carbonyl (C=O) groups excluding carboxylic acids is 2. The Morgan fingerprint density at radius 3 is 2.60 bits per heavy atom. The lowest BCUT2D eigenvalue weighted by atomic mass is 10.1. The van der Waals surface area contributed by atoms with Gasteiger partial charge in [0, 0.05) is 17.8 Å². The second-order valence-corrected chi connectivity index (χ2v) is 4.49. The molecule has 2 amide bonds. The minimum atomic E-state index is -0.398. The Kier molecular flexibility index (Phi) is 2.87. The minimum absolute atomic E-state index is 0.188. The fraction of sp³-hybridized carbons (Fsp3) is 0.0667. The van der Waals surface area contributed by atoms with Crippen LogP contribution in [0.4, 0.5) is 5.69 Å². The highest BCUT2D eigenvalue weighted by Crippen LogP contribution is 2.25. The molecule has 0 radical (unpaired) electrons. The van der Waals surface area contributed by atoms with Crippen LogP contribution in [-0.4, -0.2) is 16.9 Å². The summed E-state index contributed by atoms with van der Waals surface area (Å²) in [6, 6.07) is 12.0. The summed E-state index contributed by atoms with van der Waals surface area (Å²) in [5.41, 5.74) is 2.02. The summed E-state index contributed by atoms with van der Waals surface area (Å²) < 4.78 is 0. The van der Waals surface area contributed by atoms with Crippen molar-refractivity contribution in [2.45, 2.75) is 6.54 Å². The number of para-hydroxylation sites is 1. The van der Waals surface area contributed by atoms with Crippen LogP contribution in [0, 0.1) is 0 Å². The van der Waals surface area contributed by atoms with Crippen LogP contribution in [0.25, 0.3) is 0 Å². The number of aromatic hydroxyl groups is 1. The molecule has 1 aliphatic rings. The highest BCUT2D eigenvalue weighted by atomic mass is 16.3. The number of fused-ring (bicyclic) bond motifs is 1. The molecule has 2 aromatic rings. The zero-order chi connectivity index (χ0) is 14.1. The Labute approximate surface area is 115 Å². The van der Waals surface area contributed by atoms with Crippen LogP contribution in [-0.2, 0) is 6.54 Å². The van der Waals surface area contributed by atoms with Crippen molar-refractivity contribution in [3.8, 4) is 5.75 Å². The number of imide groups is 1. The van der Waals surface area contributed by atoms with E-state index in [4.69, 9.17) is 0 Å². The van der Waals surface area contributed by atoms with Gasteiger partial charge in [-0.05, 0) is 18.2 Å². The molecule has 0 aromatic heterocycles. The smallest absolute Gasteiger partial charge is 0.261 e. The third-order valence-electron chi connectivity index (χ3n) is 3.22. The summed E-state index contributed by atoms with van der Waals surface area (Å²) in [6.45, 7) is 0.366. The molecule has 0 spiro atoms. The average molecular weight is 268 g/mol. The van der Waals surface area contributed by atoms with Crippen LogP contribution >= 0.6 is 0 Å². The molecular formula is C15H12N2O3. The topological polar surface area (TPSA) is 78.4 Å². The van der Waals surface area contributed by atoms with E-state index in [-0.39, 0.29) is 11.7 Å². The van der Waals surface area contributed by atoms with Crippen molar-refractivity contribution in [2.24, 2.45) is 0 Å².